The first kappa shape index (κ1) is 22.2. The normalized spacial score (nSPS) is 18.7. The van der Waals surface area contributed by atoms with Gasteiger partial charge in [0.1, 0.15) is 24.9 Å². The van der Waals surface area contributed by atoms with E-state index in [1.165, 1.54) is 18.5 Å². The van der Waals surface area contributed by atoms with Crippen LogP contribution < -0.4 is 15.0 Å². The van der Waals surface area contributed by atoms with Crippen molar-refractivity contribution >= 4 is 29.1 Å². The van der Waals surface area contributed by atoms with Gasteiger partial charge in [-0.25, -0.2) is 24.0 Å². The van der Waals surface area contributed by atoms with Crippen LogP contribution in [-0.4, -0.2) is 59.3 Å². The molecule has 2 aliphatic heterocycles. The second-order valence-electron chi connectivity index (χ2n) is 8.83. The molecule has 1 saturated heterocycles. The Hall–Kier alpha value is -3.61. The van der Waals surface area contributed by atoms with Gasteiger partial charge in [-0.1, -0.05) is 6.07 Å². The Labute approximate surface area is 197 Å². The van der Waals surface area contributed by atoms with Crippen LogP contribution in [0.3, 0.4) is 0 Å². The highest BCUT2D eigenvalue weighted by atomic mass is 19.1. The summed E-state index contributed by atoms with van der Waals surface area (Å²) in [5.74, 6) is 0.978. The van der Waals surface area contributed by atoms with E-state index in [9.17, 15) is 9.18 Å². The zero-order valence-electron chi connectivity index (χ0n) is 18.9. The van der Waals surface area contributed by atoms with E-state index in [4.69, 9.17) is 16.0 Å². The second-order valence-corrected chi connectivity index (χ2v) is 8.83. The summed E-state index contributed by atoms with van der Waals surface area (Å²) in [6, 6.07) is 4.44. The molecule has 10 heteroatoms. The lowest BCUT2D eigenvalue weighted by Crippen LogP contribution is -2.49. The van der Waals surface area contributed by atoms with Crippen molar-refractivity contribution in [3.05, 3.63) is 41.8 Å². The highest BCUT2D eigenvalue weighted by Gasteiger charge is 2.33. The molecular weight excluding hydrogens is 439 g/mol. The Kier molecular flexibility index (Phi) is 6.34. The van der Waals surface area contributed by atoms with Gasteiger partial charge < -0.3 is 24.6 Å². The van der Waals surface area contributed by atoms with Gasteiger partial charge in [-0.3, -0.25) is 0 Å². The molecule has 0 radical (unpaired) electrons. The van der Waals surface area contributed by atoms with Gasteiger partial charge >= 0.3 is 6.09 Å². The summed E-state index contributed by atoms with van der Waals surface area (Å²) in [5, 5.41) is 2.98. The van der Waals surface area contributed by atoms with Crippen LogP contribution in [0.5, 0.6) is 5.75 Å². The molecule has 0 spiro atoms. The number of carbonyl (C=O) groups excluding carboxylic acids is 1. The summed E-state index contributed by atoms with van der Waals surface area (Å²) < 4.78 is 26.0. The first-order valence-electron chi connectivity index (χ1n) is 11.8. The number of anilines is 3. The van der Waals surface area contributed by atoms with E-state index in [-0.39, 0.29) is 29.6 Å². The maximum Gasteiger partial charge on any atom is 0.410 e. The number of ether oxygens (including phenoxy) is 2. The summed E-state index contributed by atoms with van der Waals surface area (Å²) in [6.07, 6.45) is 7.11. The minimum Gasteiger partial charge on any atom is -0.485 e. The van der Waals surface area contributed by atoms with Crippen molar-refractivity contribution in [3.63, 3.8) is 0 Å². The molecular formula is C24H27FN6O3. The van der Waals surface area contributed by atoms with Crippen molar-refractivity contribution in [1.82, 2.24) is 14.9 Å². The Morgan fingerprint density at radius 3 is 2.71 bits per heavy atom. The molecule has 178 valence electrons. The average Bonchev–Trinajstić information content (AvgIpc) is 3.38. The van der Waals surface area contributed by atoms with E-state index in [1.54, 1.807) is 11.0 Å². The predicted molar refractivity (Wildman–Crippen MR) is 124 cm³/mol. The van der Waals surface area contributed by atoms with Crippen LogP contribution in [0.4, 0.5) is 32.2 Å². The highest BCUT2D eigenvalue weighted by molar-refractivity contribution is 5.72. The Morgan fingerprint density at radius 2 is 1.97 bits per heavy atom. The quantitative estimate of drug-likeness (QED) is 0.657. The number of carbonyl (C=O) groups is 1. The number of hydrogen-bond acceptors (Lipinski definition) is 7. The average molecular weight is 467 g/mol. The first-order chi connectivity index (χ1) is 16.6. The van der Waals surface area contributed by atoms with Gasteiger partial charge in [0.15, 0.2) is 17.3 Å². The molecule has 9 nitrogen and oxygen atoms in total. The van der Waals surface area contributed by atoms with Crippen molar-refractivity contribution in [3.8, 4) is 5.75 Å². The number of benzene rings is 1. The van der Waals surface area contributed by atoms with Crippen LogP contribution >= 0.6 is 0 Å². The molecule has 3 heterocycles. The molecule has 2 aromatic rings. The number of hydrogen-bond donors (Lipinski definition) is 1. The number of halogens is 1. The summed E-state index contributed by atoms with van der Waals surface area (Å²) in [4.78, 5) is 28.5. The van der Waals surface area contributed by atoms with Crippen molar-refractivity contribution in [1.29, 1.82) is 0 Å². The highest BCUT2D eigenvalue weighted by Crippen LogP contribution is 2.39. The standard InChI is InChI=1S/C24H27FN6O3/c1-26-16-6-7-20(19(25)14-16)29-22-21-23(28-15-27-22)31(12-13-33-21)17-8-10-30(11-9-17)24(32)34-18-4-2-3-5-18/h6-7,14-15,17-18H,2-5,8-13H2,(H,27,28,29). The van der Waals surface area contributed by atoms with Gasteiger partial charge in [0.2, 0.25) is 5.75 Å². The fourth-order valence-electron chi connectivity index (χ4n) is 4.88. The number of likely N-dealkylation sites (tertiary alicyclic amines) is 1. The molecule has 34 heavy (non-hydrogen) atoms. The monoisotopic (exact) mass is 466 g/mol. The van der Waals surface area contributed by atoms with Gasteiger partial charge in [-0.15, -0.1) is 0 Å². The third kappa shape index (κ3) is 4.55. The van der Waals surface area contributed by atoms with Crippen LogP contribution in [0.25, 0.3) is 4.85 Å². The maximum atomic E-state index is 14.4. The Bertz CT molecular complexity index is 1090. The fraction of sp³-hybridized carbons (Fsp3) is 0.500. The number of rotatable bonds is 4. The van der Waals surface area contributed by atoms with Gasteiger partial charge in [0.25, 0.3) is 0 Å². The number of nitrogens with one attached hydrogen (secondary N) is 1. The molecule has 5 rings (SSSR count). The molecule has 1 aromatic carbocycles. The van der Waals surface area contributed by atoms with E-state index in [0.717, 1.165) is 38.5 Å². The Balaban J connectivity index is 1.26. The SMILES string of the molecule is [C-]#[N+]c1ccc(Nc2ncnc3c2OCCN3C2CCN(C(=O)OC3CCCC3)CC2)c(F)c1. The van der Waals surface area contributed by atoms with E-state index >= 15 is 0 Å². The molecule has 0 bridgehead atoms. The van der Waals surface area contributed by atoms with E-state index < -0.39 is 5.82 Å². The lowest BCUT2D eigenvalue weighted by Gasteiger charge is -2.41. The first-order valence-corrected chi connectivity index (χ1v) is 11.8. The van der Waals surface area contributed by atoms with Crippen molar-refractivity contribution < 1.29 is 18.7 Å². The number of fused-ring (bicyclic) bond motifs is 1. The van der Waals surface area contributed by atoms with E-state index in [0.29, 0.717) is 43.6 Å². The molecule has 2 fully saturated rings. The number of aromatic nitrogens is 2. The molecule has 1 aliphatic carbocycles. The fourth-order valence-corrected chi connectivity index (χ4v) is 4.88. The molecule has 1 N–H and O–H groups in total. The van der Waals surface area contributed by atoms with Crippen molar-refractivity contribution in [2.24, 2.45) is 0 Å². The number of amides is 1. The second kappa shape index (κ2) is 9.71. The minimum absolute atomic E-state index is 0.0707. The molecule has 1 saturated carbocycles. The molecule has 1 aromatic heterocycles. The van der Waals surface area contributed by atoms with Crippen LogP contribution in [0.15, 0.2) is 24.5 Å². The molecule has 0 unspecified atom stereocenters. The summed E-state index contributed by atoms with van der Waals surface area (Å²) >= 11 is 0. The van der Waals surface area contributed by atoms with Crippen LogP contribution in [-0.2, 0) is 4.74 Å². The van der Waals surface area contributed by atoms with Gasteiger partial charge in [0.05, 0.1) is 18.8 Å². The summed E-state index contributed by atoms with van der Waals surface area (Å²) in [7, 11) is 0. The largest absolute Gasteiger partial charge is 0.485 e. The molecule has 0 atom stereocenters. The lowest BCUT2D eigenvalue weighted by molar-refractivity contribution is 0.0582. The molecule has 3 aliphatic rings. The van der Waals surface area contributed by atoms with Crippen LogP contribution in [0, 0.1) is 12.4 Å². The van der Waals surface area contributed by atoms with Crippen LogP contribution in [0.1, 0.15) is 38.5 Å². The third-order valence-electron chi connectivity index (χ3n) is 6.70. The van der Waals surface area contributed by atoms with Crippen molar-refractivity contribution in [2.75, 3.05) is 36.5 Å². The van der Waals surface area contributed by atoms with Gasteiger partial charge in [-0.05, 0) is 50.7 Å². The van der Waals surface area contributed by atoms with Crippen molar-refractivity contribution in [2.45, 2.75) is 50.7 Å². The number of piperidine rings is 1. The lowest BCUT2D eigenvalue weighted by atomic mass is 10.0. The van der Waals surface area contributed by atoms with Gasteiger partial charge in [0, 0.05) is 19.1 Å². The number of nitrogens with zero attached hydrogens (tertiary/aromatic N) is 5. The van der Waals surface area contributed by atoms with Crippen LogP contribution in [0.2, 0.25) is 0 Å². The topological polar surface area (TPSA) is 84.2 Å². The smallest absolute Gasteiger partial charge is 0.410 e. The van der Waals surface area contributed by atoms with E-state index in [1.807, 2.05) is 0 Å². The maximum absolute atomic E-state index is 14.4. The zero-order chi connectivity index (χ0) is 23.5. The zero-order valence-corrected chi connectivity index (χ0v) is 18.9. The van der Waals surface area contributed by atoms with E-state index in [2.05, 4.69) is 25.0 Å². The Morgan fingerprint density at radius 1 is 1.18 bits per heavy atom. The summed E-state index contributed by atoms with van der Waals surface area (Å²) in [5.41, 5.74) is 0.441. The minimum atomic E-state index is -0.537. The third-order valence-corrected chi connectivity index (χ3v) is 6.70. The summed E-state index contributed by atoms with van der Waals surface area (Å²) in [6.45, 7) is 9.43. The predicted octanol–water partition coefficient (Wildman–Crippen LogP) is 4.65. The van der Waals surface area contributed by atoms with Gasteiger partial charge in [-0.2, -0.15) is 0 Å². The molecule has 1 amide bonds.